The third kappa shape index (κ3) is 4.24. The second kappa shape index (κ2) is 6.91. The Morgan fingerprint density at radius 1 is 1.30 bits per heavy atom. The largest absolute Gasteiger partial charge is 0.469 e. The van der Waals surface area contributed by atoms with Crippen molar-refractivity contribution in [2.24, 2.45) is 5.73 Å². The van der Waals surface area contributed by atoms with Crippen LogP contribution in [0, 0.1) is 0 Å². The summed E-state index contributed by atoms with van der Waals surface area (Å²) in [6, 6.07) is 11.7. The molecule has 1 unspecified atom stereocenters. The van der Waals surface area contributed by atoms with Crippen LogP contribution < -0.4 is 11.1 Å². The third-order valence-corrected chi connectivity index (χ3v) is 3.30. The van der Waals surface area contributed by atoms with Crippen LogP contribution in [0.25, 0.3) is 0 Å². The highest BCUT2D eigenvalue weighted by molar-refractivity contribution is 5.92. The van der Waals surface area contributed by atoms with Crippen molar-refractivity contribution in [2.45, 2.75) is 32.4 Å². The second-order valence-corrected chi connectivity index (χ2v) is 4.96. The van der Waals surface area contributed by atoms with Crippen molar-refractivity contribution in [3.05, 3.63) is 59.5 Å². The van der Waals surface area contributed by atoms with Gasteiger partial charge in [-0.2, -0.15) is 0 Å². The van der Waals surface area contributed by atoms with E-state index in [4.69, 9.17) is 10.2 Å². The zero-order valence-electron chi connectivity index (χ0n) is 11.6. The number of carbonyl (C=O) groups excluding carboxylic acids is 1. The van der Waals surface area contributed by atoms with E-state index in [9.17, 15) is 4.79 Å². The zero-order valence-corrected chi connectivity index (χ0v) is 11.6. The Balaban J connectivity index is 1.75. The van der Waals surface area contributed by atoms with Crippen molar-refractivity contribution in [1.29, 1.82) is 0 Å². The monoisotopic (exact) mass is 272 g/mol. The van der Waals surface area contributed by atoms with Crippen molar-refractivity contribution in [3.8, 4) is 0 Å². The van der Waals surface area contributed by atoms with Crippen LogP contribution in [0.5, 0.6) is 0 Å². The van der Waals surface area contributed by atoms with Crippen molar-refractivity contribution < 1.29 is 9.21 Å². The van der Waals surface area contributed by atoms with Gasteiger partial charge in [-0.05, 0) is 43.2 Å². The highest BCUT2D eigenvalue weighted by atomic mass is 16.3. The van der Waals surface area contributed by atoms with E-state index in [-0.39, 0.29) is 0 Å². The molecule has 4 heteroatoms. The van der Waals surface area contributed by atoms with Gasteiger partial charge in [-0.25, -0.2) is 0 Å². The molecule has 0 radical (unpaired) electrons. The number of primary amides is 1. The van der Waals surface area contributed by atoms with Gasteiger partial charge < -0.3 is 15.5 Å². The minimum absolute atomic E-state index is 0.392. The minimum Gasteiger partial charge on any atom is -0.469 e. The Labute approximate surface area is 119 Å². The molecule has 2 aromatic rings. The van der Waals surface area contributed by atoms with E-state index in [0.717, 1.165) is 30.7 Å². The Bertz CT molecular complexity index is 532. The fourth-order valence-corrected chi connectivity index (χ4v) is 1.99. The maximum atomic E-state index is 11.0. The molecule has 1 aromatic heterocycles. The lowest BCUT2D eigenvalue weighted by Crippen LogP contribution is -2.26. The molecule has 0 aliphatic carbocycles. The molecule has 0 spiro atoms. The van der Waals surface area contributed by atoms with E-state index in [1.54, 1.807) is 18.4 Å². The highest BCUT2D eigenvalue weighted by Crippen LogP contribution is 2.07. The van der Waals surface area contributed by atoms with Gasteiger partial charge >= 0.3 is 0 Å². The number of hydrogen-bond acceptors (Lipinski definition) is 3. The van der Waals surface area contributed by atoms with Crippen LogP contribution >= 0.6 is 0 Å². The number of aryl methyl sites for hydroxylation is 1. The molecule has 20 heavy (non-hydrogen) atoms. The van der Waals surface area contributed by atoms with E-state index in [1.807, 2.05) is 24.3 Å². The van der Waals surface area contributed by atoms with Gasteiger partial charge in [0.05, 0.1) is 6.26 Å². The molecule has 4 nitrogen and oxygen atoms in total. The van der Waals surface area contributed by atoms with Crippen LogP contribution in [0.15, 0.2) is 47.1 Å². The molecule has 0 saturated heterocycles. The smallest absolute Gasteiger partial charge is 0.248 e. The summed E-state index contributed by atoms with van der Waals surface area (Å²) in [6.45, 7) is 2.93. The van der Waals surface area contributed by atoms with Crippen molar-refractivity contribution in [2.75, 3.05) is 0 Å². The first-order chi connectivity index (χ1) is 9.65. The molecule has 3 N–H and O–H groups in total. The van der Waals surface area contributed by atoms with Gasteiger partial charge in [0.25, 0.3) is 0 Å². The zero-order chi connectivity index (χ0) is 14.4. The summed E-state index contributed by atoms with van der Waals surface area (Å²) in [5, 5.41) is 3.45. The summed E-state index contributed by atoms with van der Waals surface area (Å²) in [5.74, 6) is 0.626. The lowest BCUT2D eigenvalue weighted by Gasteiger charge is -2.13. The molecule has 1 atom stereocenters. The number of benzene rings is 1. The van der Waals surface area contributed by atoms with Crippen LogP contribution in [-0.4, -0.2) is 11.9 Å². The third-order valence-electron chi connectivity index (χ3n) is 3.30. The SMILES string of the molecule is CC(CCc1ccco1)NCc1ccc(C(N)=O)cc1. The van der Waals surface area contributed by atoms with Crippen LogP contribution in [0.4, 0.5) is 0 Å². The Morgan fingerprint density at radius 3 is 2.65 bits per heavy atom. The van der Waals surface area contributed by atoms with E-state index in [0.29, 0.717) is 11.6 Å². The Hall–Kier alpha value is -2.07. The van der Waals surface area contributed by atoms with Crippen molar-refractivity contribution in [1.82, 2.24) is 5.32 Å². The number of carbonyl (C=O) groups is 1. The van der Waals surface area contributed by atoms with Crippen LogP contribution in [0.2, 0.25) is 0 Å². The molecule has 0 aliphatic heterocycles. The topological polar surface area (TPSA) is 68.3 Å². The van der Waals surface area contributed by atoms with Crippen molar-refractivity contribution in [3.63, 3.8) is 0 Å². The number of hydrogen-bond donors (Lipinski definition) is 2. The van der Waals surface area contributed by atoms with Gasteiger partial charge in [0, 0.05) is 24.6 Å². The maximum absolute atomic E-state index is 11.0. The average molecular weight is 272 g/mol. The molecule has 1 aromatic carbocycles. The first kappa shape index (κ1) is 14.3. The molecule has 0 aliphatic rings. The van der Waals surface area contributed by atoms with E-state index in [2.05, 4.69) is 12.2 Å². The summed E-state index contributed by atoms with van der Waals surface area (Å²) < 4.78 is 5.31. The predicted octanol–water partition coefficient (Wildman–Crippen LogP) is 2.49. The quantitative estimate of drug-likeness (QED) is 0.813. The standard InChI is InChI=1S/C16H20N2O2/c1-12(4-9-15-3-2-10-20-15)18-11-13-5-7-14(8-6-13)16(17)19/h2-3,5-8,10,12,18H,4,9,11H2,1H3,(H2,17,19). The molecule has 0 bridgehead atoms. The highest BCUT2D eigenvalue weighted by Gasteiger charge is 2.04. The Kier molecular flexibility index (Phi) is 4.96. The first-order valence-corrected chi connectivity index (χ1v) is 6.79. The van der Waals surface area contributed by atoms with Gasteiger partial charge in [0.15, 0.2) is 0 Å². The summed E-state index contributed by atoms with van der Waals surface area (Å²) in [5.41, 5.74) is 6.89. The summed E-state index contributed by atoms with van der Waals surface area (Å²) in [4.78, 5) is 11.0. The lowest BCUT2D eigenvalue weighted by atomic mass is 10.1. The molecule has 2 rings (SSSR count). The lowest BCUT2D eigenvalue weighted by molar-refractivity contribution is 0.100. The molecule has 0 saturated carbocycles. The number of nitrogens with one attached hydrogen (secondary N) is 1. The maximum Gasteiger partial charge on any atom is 0.248 e. The van der Waals surface area contributed by atoms with Gasteiger partial charge in [0.1, 0.15) is 5.76 Å². The number of rotatable bonds is 7. The molecule has 1 heterocycles. The normalized spacial score (nSPS) is 12.2. The fraction of sp³-hybridized carbons (Fsp3) is 0.312. The molecular weight excluding hydrogens is 252 g/mol. The second-order valence-electron chi connectivity index (χ2n) is 4.96. The average Bonchev–Trinajstić information content (AvgIpc) is 2.96. The van der Waals surface area contributed by atoms with Crippen LogP contribution in [-0.2, 0) is 13.0 Å². The van der Waals surface area contributed by atoms with Gasteiger partial charge in [-0.15, -0.1) is 0 Å². The molecule has 106 valence electrons. The fourth-order valence-electron chi connectivity index (χ4n) is 1.99. The van der Waals surface area contributed by atoms with Crippen LogP contribution in [0.1, 0.15) is 35.0 Å². The van der Waals surface area contributed by atoms with E-state index >= 15 is 0 Å². The Morgan fingerprint density at radius 2 is 2.05 bits per heavy atom. The number of amides is 1. The summed E-state index contributed by atoms with van der Waals surface area (Å²) >= 11 is 0. The summed E-state index contributed by atoms with van der Waals surface area (Å²) in [6.07, 6.45) is 3.66. The van der Waals surface area contributed by atoms with E-state index < -0.39 is 5.91 Å². The number of furan rings is 1. The van der Waals surface area contributed by atoms with Gasteiger partial charge in [0.2, 0.25) is 5.91 Å². The summed E-state index contributed by atoms with van der Waals surface area (Å²) in [7, 11) is 0. The minimum atomic E-state index is -0.392. The van der Waals surface area contributed by atoms with Gasteiger partial charge in [-0.3, -0.25) is 4.79 Å². The molecule has 1 amide bonds. The first-order valence-electron chi connectivity index (χ1n) is 6.79. The molecule has 0 fully saturated rings. The van der Waals surface area contributed by atoms with Crippen LogP contribution in [0.3, 0.4) is 0 Å². The predicted molar refractivity (Wildman–Crippen MR) is 78.3 cm³/mol. The van der Waals surface area contributed by atoms with Gasteiger partial charge in [-0.1, -0.05) is 12.1 Å². The van der Waals surface area contributed by atoms with Crippen molar-refractivity contribution >= 4 is 5.91 Å². The van der Waals surface area contributed by atoms with E-state index in [1.165, 1.54) is 0 Å². The molecular formula is C16H20N2O2. The number of nitrogens with two attached hydrogens (primary N) is 1.